The highest BCUT2D eigenvalue weighted by Gasteiger charge is 2.36. The third-order valence-electron chi connectivity index (χ3n) is 6.83. The number of rotatable bonds is 17. The van der Waals surface area contributed by atoms with Crippen LogP contribution in [-0.2, 0) is 36.1 Å². The molecule has 0 bridgehead atoms. The first-order valence-electron chi connectivity index (χ1n) is 14.3. The van der Waals surface area contributed by atoms with Gasteiger partial charge in [-0.25, -0.2) is 22.7 Å². The maximum atomic E-state index is 13.6. The third-order valence-corrected chi connectivity index (χ3v) is 11.6. The van der Waals surface area contributed by atoms with Crippen LogP contribution in [-0.4, -0.2) is 58.1 Å². The molecule has 11 nitrogen and oxygen atoms in total. The van der Waals surface area contributed by atoms with Crippen molar-refractivity contribution in [1.82, 2.24) is 19.8 Å². The number of sulfonamides is 2. The average molecular weight is 664 g/mol. The second kappa shape index (κ2) is 16.3. The lowest BCUT2D eigenvalue weighted by atomic mass is 10.1. The van der Waals surface area contributed by atoms with Gasteiger partial charge in [0.2, 0.25) is 15.9 Å². The van der Waals surface area contributed by atoms with Gasteiger partial charge in [0.1, 0.15) is 16.3 Å². The molecule has 44 heavy (non-hydrogen) atoms. The maximum absolute atomic E-state index is 13.6. The molecule has 0 saturated heterocycles. The van der Waals surface area contributed by atoms with Gasteiger partial charge < -0.3 is 5.32 Å². The lowest BCUT2D eigenvalue weighted by molar-refractivity contribution is -0.125. The van der Waals surface area contributed by atoms with E-state index in [9.17, 15) is 26.4 Å². The number of carbonyl (C=O) groups excluding carboxylic acids is 2. The van der Waals surface area contributed by atoms with Gasteiger partial charge in [-0.2, -0.15) is 9.03 Å². The SMILES string of the molecule is Cc1ccc(S(=O)(=O)N(CC(C)C)[C@@H](CCCCNC(=O)[C@H](Cc2ccccc2)NS(=O)(=O)c2cccs2)C(=O)NN)cc1. The Kier molecular flexibility index (Phi) is 13.1. The zero-order valence-corrected chi connectivity index (χ0v) is 27.6. The number of unbranched alkanes of at least 4 members (excludes halogenated alkanes) is 1. The molecule has 0 radical (unpaired) electrons. The summed E-state index contributed by atoms with van der Waals surface area (Å²) in [5.41, 5.74) is 3.80. The minimum atomic E-state index is -4.02. The van der Waals surface area contributed by atoms with E-state index in [-0.39, 0.29) is 41.0 Å². The standard InChI is InChI=1S/C30H41N5O6S3/c1-22(2)21-35(44(40,41)25-16-14-23(3)15-17-25)27(30(37)33-31)12-7-8-18-32-29(36)26(20-24-10-5-4-6-11-24)34-43(38,39)28-13-9-19-42-28/h4-6,9-11,13-17,19,22,26-27,34H,7-8,12,18,20-21,31H2,1-3H3,(H,32,36)(H,33,37)/t26-,27-/m0/s1. The van der Waals surface area contributed by atoms with E-state index < -0.39 is 43.9 Å². The first-order chi connectivity index (χ1) is 20.8. The predicted octanol–water partition coefficient (Wildman–Crippen LogP) is 2.94. The molecule has 3 aromatic rings. The number of hydrogen-bond donors (Lipinski definition) is 4. The molecule has 2 atom stereocenters. The van der Waals surface area contributed by atoms with E-state index in [2.05, 4.69) is 15.5 Å². The van der Waals surface area contributed by atoms with E-state index >= 15 is 0 Å². The van der Waals surface area contributed by atoms with Crippen LogP contribution in [0.1, 0.15) is 44.2 Å². The summed E-state index contributed by atoms with van der Waals surface area (Å²) in [6, 6.07) is 16.5. The smallest absolute Gasteiger partial charge is 0.252 e. The lowest BCUT2D eigenvalue weighted by Gasteiger charge is -2.31. The number of nitrogens with two attached hydrogens (primary N) is 1. The minimum Gasteiger partial charge on any atom is -0.355 e. The van der Waals surface area contributed by atoms with Crippen molar-refractivity contribution in [1.29, 1.82) is 0 Å². The predicted molar refractivity (Wildman–Crippen MR) is 171 cm³/mol. The van der Waals surface area contributed by atoms with Crippen molar-refractivity contribution in [2.24, 2.45) is 11.8 Å². The van der Waals surface area contributed by atoms with Gasteiger partial charge in [0.05, 0.1) is 4.90 Å². The molecular weight excluding hydrogens is 623 g/mol. The van der Waals surface area contributed by atoms with Crippen LogP contribution in [0.15, 0.2) is 81.2 Å². The van der Waals surface area contributed by atoms with Crippen LogP contribution in [0.2, 0.25) is 0 Å². The lowest BCUT2D eigenvalue weighted by Crippen LogP contribution is -2.52. The van der Waals surface area contributed by atoms with Gasteiger partial charge in [-0.15, -0.1) is 11.3 Å². The Bertz CT molecular complexity index is 1560. The Morgan fingerprint density at radius 2 is 1.59 bits per heavy atom. The number of hydrazine groups is 1. The molecule has 0 aliphatic rings. The van der Waals surface area contributed by atoms with Crippen molar-refractivity contribution in [3.8, 4) is 0 Å². The van der Waals surface area contributed by atoms with Crippen LogP contribution in [0.3, 0.4) is 0 Å². The van der Waals surface area contributed by atoms with Crippen LogP contribution >= 0.6 is 11.3 Å². The summed E-state index contributed by atoms with van der Waals surface area (Å²) in [4.78, 5) is 26.1. The van der Waals surface area contributed by atoms with Crippen molar-refractivity contribution in [3.05, 3.63) is 83.2 Å². The van der Waals surface area contributed by atoms with Crippen molar-refractivity contribution >= 4 is 43.2 Å². The number of carbonyl (C=O) groups is 2. The fourth-order valence-corrected chi connectivity index (χ4v) is 8.58. The van der Waals surface area contributed by atoms with Gasteiger partial charge in [-0.05, 0) is 67.7 Å². The minimum absolute atomic E-state index is 0.0675. The van der Waals surface area contributed by atoms with E-state index in [1.807, 2.05) is 51.1 Å². The van der Waals surface area contributed by atoms with Crippen molar-refractivity contribution in [2.75, 3.05) is 13.1 Å². The molecule has 1 heterocycles. The average Bonchev–Trinajstić information content (AvgIpc) is 3.54. The molecule has 14 heteroatoms. The largest absolute Gasteiger partial charge is 0.355 e. The van der Waals surface area contributed by atoms with Crippen LogP contribution < -0.4 is 21.3 Å². The summed E-state index contributed by atoms with van der Waals surface area (Å²) in [6.45, 7) is 5.88. The molecule has 3 rings (SSSR count). The van der Waals surface area contributed by atoms with Gasteiger partial charge in [-0.1, -0.05) is 67.9 Å². The Hall–Kier alpha value is -3.14. The summed E-state index contributed by atoms with van der Waals surface area (Å²) in [6.07, 6.45) is 1.11. The van der Waals surface area contributed by atoms with Crippen LogP contribution in [0, 0.1) is 12.8 Å². The van der Waals surface area contributed by atoms with Gasteiger partial charge in [0.15, 0.2) is 0 Å². The molecular formula is C30H41N5O6S3. The van der Waals surface area contributed by atoms with Crippen LogP contribution in [0.4, 0.5) is 0 Å². The number of nitrogens with zero attached hydrogens (tertiary/aromatic N) is 1. The maximum Gasteiger partial charge on any atom is 0.252 e. The van der Waals surface area contributed by atoms with Crippen molar-refractivity contribution in [2.45, 2.75) is 67.6 Å². The number of amides is 2. The number of hydrogen-bond acceptors (Lipinski definition) is 8. The number of nitrogens with one attached hydrogen (secondary N) is 3. The molecule has 0 saturated carbocycles. The van der Waals surface area contributed by atoms with E-state index in [0.29, 0.717) is 12.8 Å². The number of aryl methyl sites for hydroxylation is 1. The molecule has 5 N–H and O–H groups in total. The highest BCUT2D eigenvalue weighted by Crippen LogP contribution is 2.23. The van der Waals surface area contributed by atoms with E-state index in [0.717, 1.165) is 22.5 Å². The second-order valence-electron chi connectivity index (χ2n) is 10.9. The summed E-state index contributed by atoms with van der Waals surface area (Å²) in [7, 11) is -7.93. The van der Waals surface area contributed by atoms with E-state index in [4.69, 9.17) is 5.84 Å². The molecule has 1 aromatic heterocycles. The summed E-state index contributed by atoms with van der Waals surface area (Å²) in [5.74, 6) is 4.27. The molecule has 2 amide bonds. The molecule has 240 valence electrons. The summed E-state index contributed by atoms with van der Waals surface area (Å²) >= 11 is 1.06. The Morgan fingerprint density at radius 1 is 0.909 bits per heavy atom. The van der Waals surface area contributed by atoms with Crippen molar-refractivity contribution < 1.29 is 26.4 Å². The molecule has 0 unspecified atom stereocenters. The van der Waals surface area contributed by atoms with Crippen LogP contribution in [0.25, 0.3) is 0 Å². The van der Waals surface area contributed by atoms with Crippen molar-refractivity contribution in [3.63, 3.8) is 0 Å². The Labute approximate surface area is 264 Å². The normalized spacial score (nSPS) is 13.5. The first-order valence-corrected chi connectivity index (χ1v) is 18.1. The Morgan fingerprint density at radius 3 is 2.18 bits per heavy atom. The third kappa shape index (κ3) is 9.94. The fraction of sp³-hybridized carbons (Fsp3) is 0.400. The van der Waals surface area contributed by atoms with Crippen LogP contribution in [0.5, 0.6) is 0 Å². The Balaban J connectivity index is 1.68. The van der Waals surface area contributed by atoms with Gasteiger partial charge in [0, 0.05) is 13.1 Å². The topological polar surface area (TPSA) is 168 Å². The quantitative estimate of drug-likeness (QED) is 0.0746. The fourth-order valence-electron chi connectivity index (χ4n) is 4.60. The summed E-state index contributed by atoms with van der Waals surface area (Å²) in [5, 5.41) is 4.44. The molecule has 0 spiro atoms. The molecule has 0 aliphatic carbocycles. The summed E-state index contributed by atoms with van der Waals surface area (Å²) < 4.78 is 56.9. The number of benzene rings is 2. The van der Waals surface area contributed by atoms with Gasteiger partial charge in [0.25, 0.3) is 15.9 Å². The van der Waals surface area contributed by atoms with Gasteiger partial charge in [-0.3, -0.25) is 15.0 Å². The second-order valence-corrected chi connectivity index (χ2v) is 15.7. The zero-order chi connectivity index (χ0) is 32.3. The highest BCUT2D eigenvalue weighted by molar-refractivity contribution is 7.91. The van der Waals surface area contributed by atoms with E-state index in [1.165, 1.54) is 22.5 Å². The van der Waals surface area contributed by atoms with Gasteiger partial charge >= 0.3 is 0 Å². The monoisotopic (exact) mass is 663 g/mol. The molecule has 0 aliphatic heterocycles. The first kappa shape index (κ1) is 35.3. The zero-order valence-electron chi connectivity index (χ0n) is 25.1. The number of thiophene rings is 1. The molecule has 2 aromatic carbocycles. The van der Waals surface area contributed by atoms with E-state index in [1.54, 1.807) is 23.6 Å². The molecule has 0 fully saturated rings. The highest BCUT2D eigenvalue weighted by atomic mass is 32.2.